The predicted molar refractivity (Wildman–Crippen MR) is 97.5 cm³/mol. The molecule has 0 unspecified atom stereocenters. The number of hydrogen-bond donors (Lipinski definition) is 0. The van der Waals surface area contributed by atoms with Crippen molar-refractivity contribution in [3.05, 3.63) is 65.5 Å². The van der Waals surface area contributed by atoms with Crippen LogP contribution in [0.25, 0.3) is 10.8 Å². The predicted octanol–water partition coefficient (Wildman–Crippen LogP) is 6.73. The minimum atomic E-state index is -4.68. The van der Waals surface area contributed by atoms with E-state index in [2.05, 4.69) is 9.47 Å². The van der Waals surface area contributed by atoms with E-state index in [0.29, 0.717) is 12.1 Å². The lowest BCUT2D eigenvalue weighted by molar-refractivity contribution is -0.189. The summed E-state index contributed by atoms with van der Waals surface area (Å²) in [6.07, 6.45) is -9.13. The maximum Gasteiger partial charge on any atom is 0.432 e. The van der Waals surface area contributed by atoms with Crippen LogP contribution >= 0.6 is 0 Å². The fraction of sp³-hybridized carbons (Fsp3) is 0.238. The topological polar surface area (TPSA) is 27.7 Å². The summed E-state index contributed by atoms with van der Waals surface area (Å²) in [6, 6.07) is 5.93. The van der Waals surface area contributed by atoms with E-state index in [1.54, 1.807) is 0 Å². The van der Waals surface area contributed by atoms with E-state index in [4.69, 9.17) is 4.74 Å². The van der Waals surface area contributed by atoms with E-state index in [0.717, 1.165) is 30.3 Å². The molecule has 3 rings (SSSR count). The molecule has 0 spiro atoms. The standard InChI is InChI=1S/C21H14F8O3/c1-2-30-13-8-15(22)18(16(23)9-13)21(28,29)32-12-4-5-14-11(7-12)3-6-17(19(14)24)31-10-20(25,26)27/h3-9H,2,10H2,1H3. The molecule has 3 aromatic carbocycles. The van der Waals surface area contributed by atoms with Crippen molar-refractivity contribution in [2.45, 2.75) is 19.2 Å². The molecule has 0 saturated carbocycles. The third kappa shape index (κ3) is 5.14. The average molecular weight is 466 g/mol. The lowest BCUT2D eigenvalue weighted by Gasteiger charge is -2.20. The Morgan fingerprint density at radius 1 is 0.781 bits per heavy atom. The van der Waals surface area contributed by atoms with Gasteiger partial charge in [0.25, 0.3) is 0 Å². The Morgan fingerprint density at radius 3 is 2.03 bits per heavy atom. The van der Waals surface area contributed by atoms with Gasteiger partial charge in [-0.3, -0.25) is 0 Å². The summed E-state index contributed by atoms with van der Waals surface area (Å²) in [4.78, 5) is 0. The molecule has 11 heteroatoms. The van der Waals surface area contributed by atoms with Gasteiger partial charge in [-0.25, -0.2) is 13.2 Å². The van der Waals surface area contributed by atoms with E-state index in [1.807, 2.05) is 0 Å². The molecule has 0 aliphatic heterocycles. The Balaban J connectivity index is 1.89. The molecule has 32 heavy (non-hydrogen) atoms. The van der Waals surface area contributed by atoms with Crippen LogP contribution in [0.4, 0.5) is 35.1 Å². The molecule has 0 heterocycles. The second-order valence-electron chi connectivity index (χ2n) is 6.48. The van der Waals surface area contributed by atoms with E-state index >= 15 is 0 Å². The lowest BCUT2D eigenvalue weighted by atomic mass is 10.1. The van der Waals surface area contributed by atoms with Crippen molar-refractivity contribution >= 4 is 10.8 Å². The molecular formula is C21H14F8O3. The van der Waals surface area contributed by atoms with Crippen LogP contribution in [0.2, 0.25) is 0 Å². The number of ether oxygens (including phenoxy) is 3. The third-order valence-electron chi connectivity index (χ3n) is 4.15. The van der Waals surface area contributed by atoms with Crippen molar-refractivity contribution in [1.82, 2.24) is 0 Å². The fourth-order valence-corrected chi connectivity index (χ4v) is 2.86. The second kappa shape index (κ2) is 8.71. The van der Waals surface area contributed by atoms with Crippen molar-refractivity contribution in [1.29, 1.82) is 0 Å². The Labute approximate surface area is 176 Å². The van der Waals surface area contributed by atoms with E-state index < -0.39 is 53.4 Å². The summed E-state index contributed by atoms with van der Waals surface area (Å²) >= 11 is 0. The van der Waals surface area contributed by atoms with Gasteiger partial charge in [0.15, 0.2) is 18.2 Å². The molecule has 0 bridgehead atoms. The van der Waals surface area contributed by atoms with Crippen molar-refractivity contribution < 1.29 is 49.3 Å². The number of alkyl halides is 5. The van der Waals surface area contributed by atoms with Gasteiger partial charge < -0.3 is 14.2 Å². The number of rotatable bonds is 7. The lowest BCUT2D eigenvalue weighted by Crippen LogP contribution is -2.25. The van der Waals surface area contributed by atoms with Gasteiger partial charge in [-0.1, -0.05) is 6.07 Å². The van der Waals surface area contributed by atoms with Gasteiger partial charge in [-0.15, -0.1) is 0 Å². The van der Waals surface area contributed by atoms with Gasteiger partial charge in [0.1, 0.15) is 28.7 Å². The molecule has 0 fully saturated rings. The fourth-order valence-electron chi connectivity index (χ4n) is 2.86. The minimum Gasteiger partial charge on any atom is -0.494 e. The smallest absolute Gasteiger partial charge is 0.432 e. The van der Waals surface area contributed by atoms with Crippen LogP contribution < -0.4 is 14.2 Å². The second-order valence-corrected chi connectivity index (χ2v) is 6.48. The third-order valence-corrected chi connectivity index (χ3v) is 4.15. The number of benzene rings is 3. The first kappa shape index (κ1) is 23.4. The molecule has 3 aromatic rings. The molecule has 0 radical (unpaired) electrons. The first-order valence-corrected chi connectivity index (χ1v) is 9.02. The van der Waals surface area contributed by atoms with Crippen LogP contribution in [0.1, 0.15) is 12.5 Å². The van der Waals surface area contributed by atoms with Crippen LogP contribution in [-0.2, 0) is 6.11 Å². The molecule has 0 N–H and O–H groups in total. The van der Waals surface area contributed by atoms with Crippen LogP contribution in [0.5, 0.6) is 17.2 Å². The first-order valence-electron chi connectivity index (χ1n) is 9.02. The molecule has 3 nitrogen and oxygen atoms in total. The molecule has 0 amide bonds. The van der Waals surface area contributed by atoms with Crippen LogP contribution in [0.3, 0.4) is 0 Å². The Hall–Kier alpha value is -3.24. The van der Waals surface area contributed by atoms with Gasteiger partial charge in [-0.2, -0.15) is 22.0 Å². The Kier molecular flexibility index (Phi) is 6.38. The SMILES string of the molecule is CCOc1cc(F)c(C(F)(F)Oc2ccc3c(F)c(OCC(F)(F)F)ccc3c2)c(F)c1. The van der Waals surface area contributed by atoms with Crippen LogP contribution in [-0.4, -0.2) is 19.4 Å². The van der Waals surface area contributed by atoms with Crippen molar-refractivity contribution in [2.75, 3.05) is 13.2 Å². The normalized spacial score (nSPS) is 12.2. The maximum atomic E-state index is 14.5. The highest BCUT2D eigenvalue weighted by Crippen LogP contribution is 2.38. The molecule has 0 aliphatic carbocycles. The minimum absolute atomic E-state index is 0.0252. The van der Waals surface area contributed by atoms with Gasteiger partial charge in [0.05, 0.1) is 6.61 Å². The molecule has 172 valence electrons. The summed E-state index contributed by atoms with van der Waals surface area (Å²) in [5.74, 6) is -5.89. The summed E-state index contributed by atoms with van der Waals surface area (Å²) < 4.78 is 122. The highest BCUT2D eigenvalue weighted by molar-refractivity contribution is 5.86. The maximum absolute atomic E-state index is 14.5. The quantitative estimate of drug-likeness (QED) is 0.362. The van der Waals surface area contributed by atoms with Crippen molar-refractivity contribution in [3.8, 4) is 17.2 Å². The Bertz CT molecular complexity index is 1100. The summed E-state index contributed by atoms with van der Waals surface area (Å²) in [7, 11) is 0. The molecule has 0 atom stereocenters. The number of halogens is 8. The van der Waals surface area contributed by atoms with Crippen LogP contribution in [0.15, 0.2) is 42.5 Å². The zero-order chi connectivity index (χ0) is 23.7. The van der Waals surface area contributed by atoms with Gasteiger partial charge in [0, 0.05) is 17.5 Å². The molecule has 0 aliphatic rings. The first-order chi connectivity index (χ1) is 14.9. The number of hydrogen-bond acceptors (Lipinski definition) is 3. The molecular weight excluding hydrogens is 452 g/mol. The Morgan fingerprint density at radius 2 is 1.44 bits per heavy atom. The number of fused-ring (bicyclic) bond motifs is 1. The van der Waals surface area contributed by atoms with Gasteiger partial charge >= 0.3 is 12.3 Å². The van der Waals surface area contributed by atoms with E-state index in [1.165, 1.54) is 6.92 Å². The zero-order valence-electron chi connectivity index (χ0n) is 16.2. The summed E-state index contributed by atoms with van der Waals surface area (Å²) in [6.45, 7) is -0.126. The monoisotopic (exact) mass is 466 g/mol. The highest BCUT2D eigenvalue weighted by Gasteiger charge is 2.41. The van der Waals surface area contributed by atoms with Crippen molar-refractivity contribution in [3.63, 3.8) is 0 Å². The highest BCUT2D eigenvalue weighted by atomic mass is 19.4. The molecule has 0 aromatic heterocycles. The van der Waals surface area contributed by atoms with E-state index in [-0.39, 0.29) is 23.1 Å². The van der Waals surface area contributed by atoms with Crippen LogP contribution in [0, 0.1) is 17.5 Å². The zero-order valence-corrected chi connectivity index (χ0v) is 16.2. The van der Waals surface area contributed by atoms with Crippen molar-refractivity contribution in [2.24, 2.45) is 0 Å². The summed E-state index contributed by atoms with van der Waals surface area (Å²) in [5.41, 5.74) is -1.65. The summed E-state index contributed by atoms with van der Waals surface area (Å²) in [5, 5.41) is -0.262. The van der Waals surface area contributed by atoms with E-state index in [9.17, 15) is 35.1 Å². The van der Waals surface area contributed by atoms with Gasteiger partial charge in [0.2, 0.25) is 0 Å². The average Bonchev–Trinajstić information content (AvgIpc) is 2.66. The largest absolute Gasteiger partial charge is 0.494 e. The van der Waals surface area contributed by atoms with Gasteiger partial charge in [-0.05, 0) is 36.6 Å². The molecule has 0 saturated heterocycles.